The maximum atomic E-state index is 12.2. The third-order valence-corrected chi connectivity index (χ3v) is 5.30. The second-order valence-electron chi connectivity index (χ2n) is 7.38. The number of pyridine rings is 1. The fourth-order valence-corrected chi connectivity index (χ4v) is 4.06. The zero-order valence-corrected chi connectivity index (χ0v) is 14.9. The fourth-order valence-electron chi connectivity index (χ4n) is 4.06. The molecule has 2 atom stereocenters. The van der Waals surface area contributed by atoms with Gasteiger partial charge in [-0.1, -0.05) is 24.3 Å². The molecule has 2 bridgehead atoms. The molecule has 2 fully saturated rings. The van der Waals surface area contributed by atoms with Crippen molar-refractivity contribution in [3.63, 3.8) is 0 Å². The summed E-state index contributed by atoms with van der Waals surface area (Å²) in [5.74, 6) is 1.97. The fraction of sp³-hybridized carbons (Fsp3) is 0.429. The Labute approximate surface area is 154 Å². The molecule has 2 saturated heterocycles. The number of nitrogens with one attached hydrogen (secondary N) is 2. The van der Waals surface area contributed by atoms with Crippen molar-refractivity contribution in [3.8, 4) is 11.6 Å². The predicted molar refractivity (Wildman–Crippen MR) is 99.9 cm³/mol. The molecule has 2 aromatic rings. The topological polar surface area (TPSA) is 63.2 Å². The summed E-state index contributed by atoms with van der Waals surface area (Å²) in [4.78, 5) is 16.6. The minimum Gasteiger partial charge on any atom is -0.439 e. The molecule has 0 saturated carbocycles. The Balaban J connectivity index is 1.23. The molecule has 1 aromatic heterocycles. The third kappa shape index (κ3) is 4.41. The van der Waals surface area contributed by atoms with Crippen LogP contribution < -0.4 is 15.4 Å². The van der Waals surface area contributed by atoms with Crippen molar-refractivity contribution < 1.29 is 9.53 Å². The first-order valence-corrected chi connectivity index (χ1v) is 9.45. The lowest BCUT2D eigenvalue weighted by molar-refractivity contribution is -0.122. The molecule has 3 heterocycles. The van der Waals surface area contributed by atoms with E-state index in [2.05, 4.69) is 15.6 Å². The van der Waals surface area contributed by atoms with Crippen molar-refractivity contribution >= 4 is 5.91 Å². The van der Waals surface area contributed by atoms with E-state index in [9.17, 15) is 4.79 Å². The highest BCUT2D eigenvalue weighted by molar-refractivity contribution is 5.76. The van der Waals surface area contributed by atoms with E-state index in [4.69, 9.17) is 4.74 Å². The van der Waals surface area contributed by atoms with Gasteiger partial charge in [-0.2, -0.15) is 0 Å². The van der Waals surface area contributed by atoms with E-state index in [1.54, 1.807) is 6.20 Å². The number of para-hydroxylation sites is 1. The number of rotatable bonds is 6. The molecule has 2 aliphatic rings. The van der Waals surface area contributed by atoms with Gasteiger partial charge in [0.2, 0.25) is 11.8 Å². The maximum Gasteiger partial charge on any atom is 0.220 e. The molecular weight excluding hydrogens is 326 g/mol. The van der Waals surface area contributed by atoms with Gasteiger partial charge in [0.25, 0.3) is 0 Å². The molecule has 2 N–H and O–H groups in total. The summed E-state index contributed by atoms with van der Waals surface area (Å²) in [5.41, 5.74) is 0.976. The quantitative estimate of drug-likeness (QED) is 0.837. The van der Waals surface area contributed by atoms with Crippen LogP contribution in [0.15, 0.2) is 48.7 Å². The van der Waals surface area contributed by atoms with Gasteiger partial charge >= 0.3 is 0 Å². The van der Waals surface area contributed by atoms with E-state index in [1.165, 1.54) is 12.8 Å². The van der Waals surface area contributed by atoms with Gasteiger partial charge < -0.3 is 15.4 Å². The Morgan fingerprint density at radius 2 is 1.88 bits per heavy atom. The van der Waals surface area contributed by atoms with Crippen molar-refractivity contribution in [1.82, 2.24) is 15.6 Å². The maximum absolute atomic E-state index is 12.2. The first-order valence-electron chi connectivity index (χ1n) is 9.45. The van der Waals surface area contributed by atoms with Crippen LogP contribution in [-0.4, -0.2) is 23.0 Å². The molecule has 26 heavy (non-hydrogen) atoms. The number of nitrogens with zero attached hydrogens (tertiary/aromatic N) is 1. The van der Waals surface area contributed by atoms with Gasteiger partial charge in [-0.3, -0.25) is 4.79 Å². The highest BCUT2D eigenvalue weighted by atomic mass is 16.5. The Morgan fingerprint density at radius 1 is 1.12 bits per heavy atom. The highest BCUT2D eigenvalue weighted by Crippen LogP contribution is 2.32. The lowest BCUT2D eigenvalue weighted by Gasteiger charge is -2.28. The van der Waals surface area contributed by atoms with Crippen LogP contribution in [0.25, 0.3) is 0 Å². The minimum absolute atomic E-state index is 0.140. The highest BCUT2D eigenvalue weighted by Gasteiger charge is 2.34. The van der Waals surface area contributed by atoms with E-state index >= 15 is 0 Å². The Bertz CT molecular complexity index is 721. The zero-order chi connectivity index (χ0) is 17.8. The summed E-state index contributed by atoms with van der Waals surface area (Å²) in [6, 6.07) is 14.6. The molecule has 5 heteroatoms. The number of carbonyl (C=O) groups excluding carboxylic acids is 1. The first kappa shape index (κ1) is 17.0. The van der Waals surface area contributed by atoms with E-state index in [0.717, 1.165) is 24.2 Å². The van der Waals surface area contributed by atoms with Gasteiger partial charge in [-0.15, -0.1) is 0 Å². The minimum atomic E-state index is 0.140. The van der Waals surface area contributed by atoms with Crippen LogP contribution in [-0.2, 0) is 11.3 Å². The number of amides is 1. The summed E-state index contributed by atoms with van der Waals surface area (Å²) in [7, 11) is 0. The monoisotopic (exact) mass is 351 g/mol. The smallest absolute Gasteiger partial charge is 0.220 e. The molecule has 0 spiro atoms. The lowest BCUT2D eigenvalue weighted by atomic mass is 9.89. The molecule has 0 aliphatic carbocycles. The molecule has 2 unspecified atom stereocenters. The zero-order valence-electron chi connectivity index (χ0n) is 14.9. The van der Waals surface area contributed by atoms with Gasteiger partial charge in [0.15, 0.2) is 0 Å². The number of hydrogen-bond donors (Lipinski definition) is 2. The third-order valence-electron chi connectivity index (χ3n) is 5.30. The number of piperidine rings is 1. The molecule has 136 valence electrons. The van der Waals surface area contributed by atoms with Crippen LogP contribution >= 0.6 is 0 Å². The Kier molecular flexibility index (Phi) is 5.16. The summed E-state index contributed by atoms with van der Waals surface area (Å²) < 4.78 is 5.68. The van der Waals surface area contributed by atoms with Gasteiger partial charge in [0.05, 0.1) is 0 Å². The second-order valence-corrected chi connectivity index (χ2v) is 7.38. The summed E-state index contributed by atoms with van der Waals surface area (Å²) in [6.45, 7) is 0.509. The van der Waals surface area contributed by atoms with Crippen molar-refractivity contribution in [3.05, 3.63) is 54.2 Å². The van der Waals surface area contributed by atoms with E-state index < -0.39 is 0 Å². The van der Waals surface area contributed by atoms with Crippen molar-refractivity contribution in [2.75, 3.05) is 0 Å². The van der Waals surface area contributed by atoms with Gasteiger partial charge in [-0.25, -0.2) is 4.98 Å². The molecule has 1 aromatic carbocycles. The Hall–Kier alpha value is -2.40. The SMILES string of the molecule is O=C(CC1CC2CCC(C1)N2)NCc1ccc(Oc2ccccc2)nc1. The van der Waals surface area contributed by atoms with Gasteiger partial charge in [0.1, 0.15) is 5.75 Å². The van der Waals surface area contributed by atoms with Gasteiger partial charge in [0, 0.05) is 37.3 Å². The molecule has 0 radical (unpaired) electrons. The molecule has 5 nitrogen and oxygen atoms in total. The number of benzene rings is 1. The molecule has 2 aliphatic heterocycles. The molecule has 1 amide bonds. The average molecular weight is 351 g/mol. The Morgan fingerprint density at radius 3 is 2.58 bits per heavy atom. The normalized spacial score (nSPS) is 24.2. The van der Waals surface area contributed by atoms with Crippen molar-refractivity contribution in [2.45, 2.75) is 50.7 Å². The van der Waals surface area contributed by atoms with E-state index in [1.807, 2.05) is 42.5 Å². The van der Waals surface area contributed by atoms with Crippen molar-refractivity contribution in [2.24, 2.45) is 5.92 Å². The second kappa shape index (κ2) is 7.87. The van der Waals surface area contributed by atoms with E-state index in [0.29, 0.717) is 36.8 Å². The standard InChI is InChI=1S/C21H25N3O2/c25-20(12-16-10-17-7-8-18(11-16)24-17)22-13-15-6-9-21(23-14-15)26-19-4-2-1-3-5-19/h1-6,9,14,16-18,24H,7-8,10-13H2,(H,22,25). The average Bonchev–Trinajstić information content (AvgIpc) is 3.00. The summed E-state index contributed by atoms with van der Waals surface area (Å²) >= 11 is 0. The number of fused-ring (bicyclic) bond motifs is 2. The van der Waals surface area contributed by atoms with Crippen LogP contribution in [0.2, 0.25) is 0 Å². The van der Waals surface area contributed by atoms with Crippen LogP contribution in [0.4, 0.5) is 0 Å². The molecule has 4 rings (SSSR count). The number of aromatic nitrogens is 1. The largest absolute Gasteiger partial charge is 0.439 e. The van der Waals surface area contributed by atoms with Crippen LogP contribution in [0, 0.1) is 5.92 Å². The first-order chi connectivity index (χ1) is 12.7. The number of ether oxygens (including phenoxy) is 1. The summed E-state index contributed by atoms with van der Waals surface area (Å²) in [5, 5.41) is 6.65. The van der Waals surface area contributed by atoms with Gasteiger partial charge in [-0.05, 0) is 49.3 Å². The lowest BCUT2D eigenvalue weighted by Crippen LogP contribution is -2.39. The van der Waals surface area contributed by atoms with Crippen LogP contribution in [0.5, 0.6) is 11.6 Å². The molecular formula is C21H25N3O2. The van der Waals surface area contributed by atoms with E-state index in [-0.39, 0.29) is 5.91 Å². The predicted octanol–water partition coefficient (Wildman–Crippen LogP) is 3.41. The van der Waals surface area contributed by atoms with Crippen LogP contribution in [0.1, 0.15) is 37.7 Å². The summed E-state index contributed by atoms with van der Waals surface area (Å²) in [6.07, 6.45) is 7.20. The number of carbonyl (C=O) groups is 1. The van der Waals surface area contributed by atoms with Crippen LogP contribution in [0.3, 0.4) is 0 Å². The number of hydrogen-bond acceptors (Lipinski definition) is 4. The van der Waals surface area contributed by atoms with Crippen molar-refractivity contribution in [1.29, 1.82) is 0 Å².